The van der Waals surface area contributed by atoms with Crippen LogP contribution in [0.4, 0.5) is 5.82 Å². The van der Waals surface area contributed by atoms with Gasteiger partial charge in [-0.15, -0.1) is 0 Å². The molecule has 8 nitrogen and oxygen atoms in total. The molecule has 0 unspecified atom stereocenters. The molecule has 0 atom stereocenters. The van der Waals surface area contributed by atoms with Crippen LogP contribution in [0.3, 0.4) is 0 Å². The van der Waals surface area contributed by atoms with Crippen LogP contribution >= 0.6 is 0 Å². The maximum Gasteiger partial charge on any atom is 0.345 e. The molecule has 0 bridgehead atoms. The normalized spacial score (nSPS) is 12.5. The van der Waals surface area contributed by atoms with Crippen molar-refractivity contribution in [1.29, 1.82) is 0 Å². The first kappa shape index (κ1) is 19.3. The lowest BCUT2D eigenvalue weighted by molar-refractivity contribution is 0.0734. The zero-order valence-corrected chi connectivity index (χ0v) is 16.5. The molecule has 4 aromatic rings. The Labute approximate surface area is 180 Å². The minimum absolute atomic E-state index is 0.0686. The van der Waals surface area contributed by atoms with Gasteiger partial charge in [0.05, 0.1) is 22.4 Å². The van der Waals surface area contributed by atoms with E-state index < -0.39 is 23.3 Å². The Morgan fingerprint density at radius 1 is 0.844 bits per heavy atom. The maximum atomic E-state index is 13.0. The highest BCUT2D eigenvalue weighted by molar-refractivity contribution is 6.23. The van der Waals surface area contributed by atoms with Crippen molar-refractivity contribution in [3.63, 3.8) is 0 Å². The smallest absolute Gasteiger partial charge is 0.345 e. The number of amides is 2. The van der Waals surface area contributed by atoms with E-state index in [1.54, 1.807) is 24.3 Å². The number of hydrogen-bond donors (Lipinski definition) is 2. The third-order valence-electron chi connectivity index (χ3n) is 5.25. The molecule has 0 radical (unpaired) electrons. The zero-order chi connectivity index (χ0) is 22.4. The van der Waals surface area contributed by atoms with E-state index in [1.165, 1.54) is 12.1 Å². The summed E-state index contributed by atoms with van der Waals surface area (Å²) in [6, 6.07) is 20.1. The van der Waals surface area contributed by atoms with Crippen LogP contribution in [0.1, 0.15) is 31.1 Å². The van der Waals surface area contributed by atoms with Crippen molar-refractivity contribution in [2.75, 3.05) is 5.73 Å². The Kier molecular flexibility index (Phi) is 4.34. The van der Waals surface area contributed by atoms with E-state index in [4.69, 9.17) is 10.5 Å². The first-order chi connectivity index (χ1) is 15.4. The summed E-state index contributed by atoms with van der Waals surface area (Å²) in [4.78, 5) is 49.8. The number of ether oxygens (including phenoxy) is 1. The zero-order valence-electron chi connectivity index (χ0n) is 16.5. The van der Waals surface area contributed by atoms with Gasteiger partial charge in [0.15, 0.2) is 0 Å². The van der Waals surface area contributed by atoms with E-state index in [1.807, 2.05) is 30.3 Å². The highest BCUT2D eigenvalue weighted by Gasteiger charge is 2.32. The van der Waals surface area contributed by atoms with Crippen LogP contribution in [0.5, 0.6) is 5.75 Å². The predicted molar refractivity (Wildman–Crippen MR) is 117 cm³/mol. The molecule has 1 aliphatic rings. The number of carbonyl (C=O) groups is 3. The van der Waals surface area contributed by atoms with Crippen LogP contribution in [-0.2, 0) is 0 Å². The number of pyridine rings is 1. The Bertz CT molecular complexity index is 1520. The van der Waals surface area contributed by atoms with Crippen molar-refractivity contribution in [2.45, 2.75) is 0 Å². The number of fused-ring (bicyclic) bond motifs is 2. The molecule has 1 aliphatic heterocycles. The summed E-state index contributed by atoms with van der Waals surface area (Å²) in [5.74, 6) is -2.00. The molecule has 156 valence electrons. The van der Waals surface area contributed by atoms with Gasteiger partial charge in [-0.1, -0.05) is 42.5 Å². The molecule has 2 heterocycles. The minimum atomic E-state index is -0.705. The number of esters is 1. The van der Waals surface area contributed by atoms with Crippen LogP contribution in [0.2, 0.25) is 0 Å². The Morgan fingerprint density at radius 3 is 2.38 bits per heavy atom. The molecule has 3 aromatic carbocycles. The first-order valence-electron chi connectivity index (χ1n) is 9.65. The summed E-state index contributed by atoms with van der Waals surface area (Å²) in [6.45, 7) is 0. The van der Waals surface area contributed by atoms with Crippen molar-refractivity contribution < 1.29 is 19.1 Å². The average molecular weight is 425 g/mol. The second-order valence-electron chi connectivity index (χ2n) is 7.19. The third-order valence-corrected chi connectivity index (χ3v) is 5.25. The monoisotopic (exact) mass is 425 g/mol. The third kappa shape index (κ3) is 3.02. The SMILES string of the molecule is Nc1c2c(cc(=O)n1-c1ccccc1C(=O)Oc1ccc3ccccc3c1)C(=O)NC2=O. The molecule has 0 aliphatic carbocycles. The first-order valence-corrected chi connectivity index (χ1v) is 9.65. The largest absolute Gasteiger partial charge is 0.423 e. The van der Waals surface area contributed by atoms with Crippen LogP contribution < -0.4 is 21.3 Å². The van der Waals surface area contributed by atoms with Crippen molar-refractivity contribution in [1.82, 2.24) is 9.88 Å². The van der Waals surface area contributed by atoms with E-state index in [9.17, 15) is 19.2 Å². The molecular weight excluding hydrogens is 410 g/mol. The fourth-order valence-electron chi connectivity index (χ4n) is 3.76. The highest BCUT2D eigenvalue weighted by Crippen LogP contribution is 2.26. The van der Waals surface area contributed by atoms with Crippen molar-refractivity contribution in [2.24, 2.45) is 0 Å². The van der Waals surface area contributed by atoms with Crippen molar-refractivity contribution in [3.8, 4) is 11.4 Å². The second kappa shape index (κ2) is 7.21. The summed E-state index contributed by atoms with van der Waals surface area (Å²) in [5.41, 5.74) is 5.45. The van der Waals surface area contributed by atoms with Gasteiger partial charge in [0, 0.05) is 6.07 Å². The van der Waals surface area contributed by atoms with Gasteiger partial charge >= 0.3 is 5.97 Å². The van der Waals surface area contributed by atoms with Gasteiger partial charge in [0.2, 0.25) is 0 Å². The molecule has 8 heteroatoms. The quantitative estimate of drug-likeness (QED) is 0.296. The molecule has 0 saturated heterocycles. The Hall–Kier alpha value is -4.72. The summed E-state index contributed by atoms with van der Waals surface area (Å²) in [5, 5.41) is 4.01. The molecule has 0 saturated carbocycles. The summed E-state index contributed by atoms with van der Waals surface area (Å²) >= 11 is 0. The van der Waals surface area contributed by atoms with Crippen LogP contribution in [-0.4, -0.2) is 22.4 Å². The van der Waals surface area contributed by atoms with Gasteiger partial charge < -0.3 is 10.5 Å². The number of carbonyl (C=O) groups excluding carboxylic acids is 3. The van der Waals surface area contributed by atoms with E-state index in [2.05, 4.69) is 5.32 Å². The maximum absolute atomic E-state index is 13.0. The minimum Gasteiger partial charge on any atom is -0.423 e. The molecule has 0 fully saturated rings. The number of rotatable bonds is 3. The molecule has 2 amide bonds. The van der Waals surface area contributed by atoms with Gasteiger partial charge in [0.1, 0.15) is 11.6 Å². The number of nitrogens with zero attached hydrogens (tertiary/aromatic N) is 1. The number of anilines is 1. The summed E-state index contributed by atoms with van der Waals surface area (Å²) in [7, 11) is 0. The molecule has 0 spiro atoms. The molecule has 5 rings (SSSR count). The topological polar surface area (TPSA) is 120 Å². The number of para-hydroxylation sites is 1. The molecule has 3 N–H and O–H groups in total. The van der Waals surface area contributed by atoms with Gasteiger partial charge in [-0.2, -0.15) is 0 Å². The number of nitrogen functional groups attached to an aromatic ring is 1. The van der Waals surface area contributed by atoms with Crippen LogP contribution in [0.25, 0.3) is 16.5 Å². The number of benzene rings is 3. The fourth-order valence-corrected chi connectivity index (χ4v) is 3.76. The van der Waals surface area contributed by atoms with Gasteiger partial charge in [0.25, 0.3) is 17.4 Å². The van der Waals surface area contributed by atoms with Gasteiger partial charge in [-0.05, 0) is 35.0 Å². The summed E-state index contributed by atoms with van der Waals surface area (Å²) < 4.78 is 6.57. The van der Waals surface area contributed by atoms with E-state index in [-0.39, 0.29) is 28.2 Å². The molecule has 1 aromatic heterocycles. The number of aromatic nitrogens is 1. The lowest BCUT2D eigenvalue weighted by Gasteiger charge is -2.15. The lowest BCUT2D eigenvalue weighted by Crippen LogP contribution is -2.26. The Balaban J connectivity index is 1.58. The van der Waals surface area contributed by atoms with Crippen LogP contribution in [0.15, 0.2) is 77.6 Å². The van der Waals surface area contributed by atoms with Crippen molar-refractivity contribution >= 4 is 34.4 Å². The molecular formula is C24H15N3O5. The fraction of sp³-hybridized carbons (Fsp3) is 0. The van der Waals surface area contributed by atoms with Crippen molar-refractivity contribution in [3.05, 3.63) is 99.8 Å². The summed E-state index contributed by atoms with van der Waals surface area (Å²) in [6.07, 6.45) is 0. The number of imide groups is 1. The number of nitrogens with one attached hydrogen (secondary N) is 1. The van der Waals surface area contributed by atoms with E-state index >= 15 is 0 Å². The Morgan fingerprint density at radius 2 is 1.56 bits per heavy atom. The standard InChI is InChI=1S/C24H15N3O5/c25-21-20-17(22(29)26-23(20)30)12-19(28)27(21)18-8-4-3-7-16(18)24(31)32-15-10-9-13-5-1-2-6-14(13)11-15/h1-12H,25H2,(H,26,29,30). The predicted octanol–water partition coefficient (Wildman–Crippen LogP) is 2.68. The van der Waals surface area contributed by atoms with Crippen LogP contribution in [0, 0.1) is 0 Å². The number of nitrogens with two attached hydrogens (primary N) is 1. The lowest BCUT2D eigenvalue weighted by atomic mass is 10.1. The van der Waals surface area contributed by atoms with E-state index in [0.717, 1.165) is 21.4 Å². The average Bonchev–Trinajstić information content (AvgIpc) is 3.07. The number of hydrogen-bond acceptors (Lipinski definition) is 6. The highest BCUT2D eigenvalue weighted by atomic mass is 16.5. The second-order valence-corrected chi connectivity index (χ2v) is 7.19. The molecule has 32 heavy (non-hydrogen) atoms. The van der Waals surface area contributed by atoms with Gasteiger partial charge in [-0.25, -0.2) is 4.79 Å². The van der Waals surface area contributed by atoms with E-state index in [0.29, 0.717) is 5.75 Å². The van der Waals surface area contributed by atoms with Gasteiger partial charge in [-0.3, -0.25) is 24.3 Å².